The van der Waals surface area contributed by atoms with Gasteiger partial charge in [-0.1, -0.05) is 26.0 Å². The van der Waals surface area contributed by atoms with Crippen molar-refractivity contribution in [1.29, 1.82) is 0 Å². The molecule has 2 aromatic heterocycles. The number of hydrogen-bond acceptors (Lipinski definition) is 5. The molecular weight excluding hydrogens is 507 g/mol. The van der Waals surface area contributed by atoms with Gasteiger partial charge in [-0.3, -0.25) is 9.89 Å². The number of benzene rings is 3. The van der Waals surface area contributed by atoms with Gasteiger partial charge in [0.15, 0.2) is 0 Å². The number of alkyl halides is 3. The highest BCUT2D eigenvalue weighted by atomic mass is 19.4. The molecule has 0 radical (unpaired) electrons. The molecule has 0 saturated heterocycles. The highest BCUT2D eigenvalue weighted by molar-refractivity contribution is 6.11. The summed E-state index contributed by atoms with van der Waals surface area (Å²) in [6.07, 6.45) is -1.07. The maximum absolute atomic E-state index is 13.6. The second-order valence-electron chi connectivity index (χ2n) is 9.25. The van der Waals surface area contributed by atoms with Gasteiger partial charge in [-0.25, -0.2) is 4.98 Å². The van der Waals surface area contributed by atoms with E-state index in [4.69, 9.17) is 0 Å². The molecule has 11 heteroatoms. The number of aromatic amines is 2. The number of hydrogen-bond donors (Lipinski definition) is 4. The van der Waals surface area contributed by atoms with Gasteiger partial charge in [0, 0.05) is 24.2 Å². The molecular formula is C28H28F3N7O. The first-order chi connectivity index (χ1) is 18.8. The monoisotopic (exact) mass is 535 g/mol. The molecule has 1 amide bonds. The lowest BCUT2D eigenvalue weighted by Gasteiger charge is -2.26. The van der Waals surface area contributed by atoms with E-state index in [1.54, 1.807) is 18.3 Å². The maximum Gasteiger partial charge on any atom is 0.418 e. The van der Waals surface area contributed by atoms with Crippen LogP contribution in [-0.2, 0) is 6.18 Å². The molecule has 0 fully saturated rings. The summed E-state index contributed by atoms with van der Waals surface area (Å²) in [6, 6.07) is 14.2. The number of nitrogens with zero attached hydrogens (tertiary/aromatic N) is 3. The third-order valence-electron chi connectivity index (χ3n) is 6.36. The lowest BCUT2D eigenvalue weighted by atomic mass is 10.1. The van der Waals surface area contributed by atoms with Crippen molar-refractivity contribution in [3.8, 4) is 0 Å². The first-order valence-electron chi connectivity index (χ1n) is 12.7. The molecule has 39 heavy (non-hydrogen) atoms. The number of para-hydroxylation sites is 1. The molecule has 202 valence electrons. The first-order valence-corrected chi connectivity index (χ1v) is 12.7. The zero-order chi connectivity index (χ0) is 27.6. The van der Waals surface area contributed by atoms with Crippen molar-refractivity contribution in [3.05, 3.63) is 71.9 Å². The van der Waals surface area contributed by atoms with E-state index >= 15 is 0 Å². The van der Waals surface area contributed by atoms with Crippen molar-refractivity contribution in [2.24, 2.45) is 0 Å². The highest BCUT2D eigenvalue weighted by Crippen LogP contribution is 2.36. The molecule has 5 rings (SSSR count). The fraction of sp³-hybridized carbons (Fsp3) is 0.250. The Morgan fingerprint density at radius 2 is 1.77 bits per heavy atom. The largest absolute Gasteiger partial charge is 0.418 e. The Kier molecular flexibility index (Phi) is 7.14. The number of rotatable bonds is 9. The van der Waals surface area contributed by atoms with Crippen molar-refractivity contribution in [2.75, 3.05) is 28.6 Å². The van der Waals surface area contributed by atoms with Crippen LogP contribution in [-0.4, -0.2) is 39.2 Å². The molecule has 0 bridgehead atoms. The summed E-state index contributed by atoms with van der Waals surface area (Å²) in [6.45, 7) is 5.59. The SMILES string of the molecule is CCCN(CCC)c1cc2nc(Nc3ccccc3C(F)(F)F)[nH]c2cc1C(=O)Nc1ccc2cn[nH]c2c1. The summed E-state index contributed by atoms with van der Waals surface area (Å²) in [5, 5.41) is 13.6. The van der Waals surface area contributed by atoms with Gasteiger partial charge in [-0.15, -0.1) is 0 Å². The highest BCUT2D eigenvalue weighted by Gasteiger charge is 2.33. The van der Waals surface area contributed by atoms with Crippen LogP contribution in [0.3, 0.4) is 0 Å². The predicted molar refractivity (Wildman–Crippen MR) is 148 cm³/mol. The summed E-state index contributed by atoms with van der Waals surface area (Å²) in [5.41, 5.74) is 2.69. The van der Waals surface area contributed by atoms with Crippen molar-refractivity contribution in [2.45, 2.75) is 32.9 Å². The maximum atomic E-state index is 13.6. The summed E-state index contributed by atoms with van der Waals surface area (Å²) >= 11 is 0. The van der Waals surface area contributed by atoms with Crippen LogP contribution in [0.15, 0.2) is 60.8 Å². The van der Waals surface area contributed by atoms with Crippen LogP contribution in [0.4, 0.5) is 36.2 Å². The van der Waals surface area contributed by atoms with Crippen molar-refractivity contribution in [3.63, 3.8) is 0 Å². The Hall–Kier alpha value is -4.54. The number of imidazole rings is 1. The number of halogens is 3. The first kappa shape index (κ1) is 26.1. The Morgan fingerprint density at radius 3 is 2.51 bits per heavy atom. The smallest absolute Gasteiger partial charge is 0.371 e. The fourth-order valence-corrected chi connectivity index (χ4v) is 4.62. The van der Waals surface area contributed by atoms with E-state index in [1.807, 2.05) is 18.2 Å². The van der Waals surface area contributed by atoms with Gasteiger partial charge in [0.1, 0.15) is 0 Å². The number of aromatic nitrogens is 4. The summed E-state index contributed by atoms with van der Waals surface area (Å²) in [4.78, 5) is 23.2. The molecule has 3 aromatic carbocycles. The van der Waals surface area contributed by atoms with Crippen LogP contribution in [0.1, 0.15) is 42.6 Å². The standard InChI is InChI=1S/C28H28F3N7O/c1-3-11-38(12-4-2)25-15-24-23(35-27(36-24)34-21-8-6-5-7-20(21)28(29,30)31)14-19(25)26(39)33-18-10-9-17-16-32-37-22(17)13-18/h5-10,13-16H,3-4,11-12H2,1-2H3,(H,32,37)(H,33,39)(H2,34,35,36). The van der Waals surface area contributed by atoms with Gasteiger partial charge >= 0.3 is 6.18 Å². The molecule has 0 unspecified atom stereocenters. The molecule has 4 N–H and O–H groups in total. The number of H-pyrrole nitrogens is 2. The molecule has 0 spiro atoms. The number of nitrogens with one attached hydrogen (secondary N) is 4. The lowest BCUT2D eigenvalue weighted by molar-refractivity contribution is -0.136. The van der Waals surface area contributed by atoms with Gasteiger partial charge in [0.05, 0.1) is 45.2 Å². The zero-order valence-electron chi connectivity index (χ0n) is 21.5. The van der Waals surface area contributed by atoms with Gasteiger partial charge in [-0.05, 0) is 55.3 Å². The Bertz CT molecular complexity index is 1620. The van der Waals surface area contributed by atoms with Crippen molar-refractivity contribution >= 4 is 50.9 Å². The van der Waals surface area contributed by atoms with Crippen LogP contribution < -0.4 is 15.5 Å². The summed E-state index contributed by atoms with van der Waals surface area (Å²) in [7, 11) is 0. The number of carbonyl (C=O) groups is 1. The Morgan fingerprint density at radius 1 is 1.00 bits per heavy atom. The predicted octanol–water partition coefficient (Wildman–Crippen LogP) is 7.08. The molecule has 8 nitrogen and oxygen atoms in total. The van der Waals surface area contributed by atoms with E-state index < -0.39 is 11.7 Å². The van der Waals surface area contributed by atoms with Crippen LogP contribution >= 0.6 is 0 Å². The van der Waals surface area contributed by atoms with E-state index in [1.165, 1.54) is 18.2 Å². The second kappa shape index (κ2) is 10.7. The van der Waals surface area contributed by atoms with E-state index in [-0.39, 0.29) is 17.5 Å². The van der Waals surface area contributed by atoms with Gasteiger partial charge in [0.2, 0.25) is 5.95 Å². The molecule has 5 aromatic rings. The zero-order valence-corrected chi connectivity index (χ0v) is 21.5. The minimum absolute atomic E-state index is 0.116. The van der Waals surface area contributed by atoms with Gasteiger partial charge in [0.25, 0.3) is 5.91 Å². The molecule has 0 aliphatic heterocycles. The van der Waals surface area contributed by atoms with Gasteiger partial charge in [-0.2, -0.15) is 18.3 Å². The average Bonchev–Trinajstić information content (AvgIpc) is 3.53. The number of amides is 1. The summed E-state index contributed by atoms with van der Waals surface area (Å²) in [5.74, 6) is -0.165. The molecule has 2 heterocycles. The molecule has 0 atom stereocenters. The third-order valence-corrected chi connectivity index (χ3v) is 6.36. The number of fused-ring (bicyclic) bond motifs is 2. The minimum Gasteiger partial charge on any atom is -0.371 e. The Balaban J connectivity index is 1.53. The fourth-order valence-electron chi connectivity index (χ4n) is 4.62. The van der Waals surface area contributed by atoms with E-state index in [0.717, 1.165) is 42.9 Å². The van der Waals surface area contributed by atoms with Crippen molar-refractivity contribution in [1.82, 2.24) is 20.2 Å². The minimum atomic E-state index is -4.52. The van der Waals surface area contributed by atoms with Crippen LogP contribution in [0, 0.1) is 0 Å². The average molecular weight is 536 g/mol. The van der Waals surface area contributed by atoms with Crippen LogP contribution in [0.5, 0.6) is 0 Å². The van der Waals surface area contributed by atoms with E-state index in [0.29, 0.717) is 28.0 Å². The summed E-state index contributed by atoms with van der Waals surface area (Å²) < 4.78 is 40.5. The van der Waals surface area contributed by atoms with Gasteiger partial charge < -0.3 is 20.5 Å². The topological polar surface area (TPSA) is 102 Å². The quantitative estimate of drug-likeness (QED) is 0.162. The number of anilines is 4. The van der Waals surface area contributed by atoms with Crippen LogP contribution in [0.25, 0.3) is 21.9 Å². The molecule has 0 saturated carbocycles. The Labute approximate surface area is 222 Å². The lowest BCUT2D eigenvalue weighted by Crippen LogP contribution is -2.28. The normalized spacial score (nSPS) is 11.7. The molecule has 0 aliphatic rings. The van der Waals surface area contributed by atoms with Crippen molar-refractivity contribution < 1.29 is 18.0 Å². The van der Waals surface area contributed by atoms with Crippen LogP contribution in [0.2, 0.25) is 0 Å². The third kappa shape index (κ3) is 5.52. The second-order valence-corrected chi connectivity index (χ2v) is 9.25. The van der Waals surface area contributed by atoms with E-state index in [9.17, 15) is 18.0 Å². The van der Waals surface area contributed by atoms with E-state index in [2.05, 4.69) is 49.5 Å². The molecule has 0 aliphatic carbocycles. The number of carbonyl (C=O) groups excluding carboxylic acids is 1.